The van der Waals surface area contributed by atoms with Crippen molar-refractivity contribution in [2.75, 3.05) is 5.32 Å². The van der Waals surface area contributed by atoms with Crippen LogP contribution in [0, 0.1) is 0 Å². The molecule has 0 saturated heterocycles. The topological polar surface area (TPSA) is 66.5 Å². The molecule has 0 amide bonds. The van der Waals surface area contributed by atoms with Crippen LogP contribution in [0.1, 0.15) is 5.56 Å². The third-order valence-corrected chi connectivity index (χ3v) is 3.27. The Morgan fingerprint density at radius 1 is 1.16 bits per heavy atom. The predicted molar refractivity (Wildman–Crippen MR) is 75.5 cm³/mol. The Morgan fingerprint density at radius 2 is 2.05 bits per heavy atom. The van der Waals surface area contributed by atoms with E-state index in [0.717, 1.165) is 11.1 Å². The SMILES string of the molecule is Clc1ccc(CNc2ncnc3nc[nH]c23)c(Cl)c1. The van der Waals surface area contributed by atoms with Crippen molar-refractivity contribution in [3.05, 3.63) is 46.5 Å². The third kappa shape index (κ3) is 2.47. The highest BCUT2D eigenvalue weighted by atomic mass is 35.5. The van der Waals surface area contributed by atoms with Gasteiger partial charge in [0, 0.05) is 16.6 Å². The van der Waals surface area contributed by atoms with E-state index in [4.69, 9.17) is 23.2 Å². The van der Waals surface area contributed by atoms with Crippen molar-refractivity contribution < 1.29 is 0 Å². The van der Waals surface area contributed by atoms with Crippen molar-refractivity contribution in [1.82, 2.24) is 19.9 Å². The minimum absolute atomic E-state index is 0.543. The average molecular weight is 294 g/mol. The Bertz CT molecular complexity index is 725. The van der Waals surface area contributed by atoms with Crippen LogP contribution in [-0.2, 0) is 6.54 Å². The van der Waals surface area contributed by atoms with Gasteiger partial charge in [0.2, 0.25) is 0 Å². The molecule has 2 heterocycles. The molecule has 3 aromatic rings. The van der Waals surface area contributed by atoms with Crippen molar-refractivity contribution >= 4 is 40.2 Å². The van der Waals surface area contributed by atoms with E-state index in [1.54, 1.807) is 18.5 Å². The molecule has 0 bridgehead atoms. The molecule has 2 aromatic heterocycles. The number of rotatable bonds is 3. The van der Waals surface area contributed by atoms with Gasteiger partial charge in [-0.3, -0.25) is 0 Å². The average Bonchev–Trinajstić information content (AvgIpc) is 2.86. The summed E-state index contributed by atoms with van der Waals surface area (Å²) in [5.74, 6) is 0.688. The highest BCUT2D eigenvalue weighted by Gasteiger charge is 2.06. The molecule has 0 aliphatic rings. The van der Waals surface area contributed by atoms with Gasteiger partial charge in [-0.05, 0) is 17.7 Å². The molecule has 0 spiro atoms. The smallest absolute Gasteiger partial charge is 0.182 e. The number of hydrogen-bond acceptors (Lipinski definition) is 4. The van der Waals surface area contributed by atoms with Gasteiger partial charge in [-0.1, -0.05) is 29.3 Å². The Balaban J connectivity index is 1.84. The number of nitrogens with one attached hydrogen (secondary N) is 2. The van der Waals surface area contributed by atoms with E-state index in [2.05, 4.69) is 25.3 Å². The van der Waals surface area contributed by atoms with Crippen LogP contribution in [0.4, 0.5) is 5.82 Å². The van der Waals surface area contributed by atoms with Crippen LogP contribution in [0.3, 0.4) is 0 Å². The lowest BCUT2D eigenvalue weighted by Crippen LogP contribution is -2.03. The van der Waals surface area contributed by atoms with Gasteiger partial charge in [-0.2, -0.15) is 0 Å². The fourth-order valence-electron chi connectivity index (χ4n) is 1.74. The monoisotopic (exact) mass is 293 g/mol. The summed E-state index contributed by atoms with van der Waals surface area (Å²) in [6.45, 7) is 0.543. The number of fused-ring (bicyclic) bond motifs is 1. The second-order valence-corrected chi connectivity index (χ2v) is 4.76. The number of nitrogens with zero attached hydrogens (tertiary/aromatic N) is 3. The summed E-state index contributed by atoms with van der Waals surface area (Å²) in [6, 6.07) is 5.39. The first-order valence-corrected chi connectivity index (χ1v) is 6.31. The molecule has 0 atom stereocenters. The first-order chi connectivity index (χ1) is 9.24. The van der Waals surface area contributed by atoms with Crippen molar-refractivity contribution in [2.45, 2.75) is 6.54 Å². The molecule has 0 unspecified atom stereocenters. The summed E-state index contributed by atoms with van der Waals surface area (Å²) in [6.07, 6.45) is 3.05. The third-order valence-electron chi connectivity index (χ3n) is 2.68. The largest absolute Gasteiger partial charge is 0.364 e. The van der Waals surface area contributed by atoms with E-state index in [1.165, 1.54) is 6.33 Å². The van der Waals surface area contributed by atoms with Crippen LogP contribution < -0.4 is 5.32 Å². The fraction of sp³-hybridized carbons (Fsp3) is 0.0833. The number of hydrogen-bond donors (Lipinski definition) is 2. The van der Waals surface area contributed by atoms with Gasteiger partial charge in [0.15, 0.2) is 11.5 Å². The Kier molecular flexibility index (Phi) is 3.23. The molecule has 0 aliphatic carbocycles. The Labute approximate surface area is 119 Å². The Hall–Kier alpha value is -1.85. The summed E-state index contributed by atoms with van der Waals surface area (Å²) in [5, 5.41) is 4.44. The van der Waals surface area contributed by atoms with Crippen LogP contribution in [0.5, 0.6) is 0 Å². The molecule has 1 aromatic carbocycles. The standard InChI is InChI=1S/C12H9Cl2N5/c13-8-2-1-7(9(14)3-8)4-15-11-10-12(17-5-16-10)19-6-18-11/h1-3,5-6H,4H2,(H2,15,16,17,18,19). The Morgan fingerprint density at radius 3 is 2.89 bits per heavy atom. The fourth-order valence-corrected chi connectivity index (χ4v) is 2.22. The van der Waals surface area contributed by atoms with Crippen LogP contribution in [0.2, 0.25) is 10.0 Å². The molecule has 19 heavy (non-hydrogen) atoms. The number of anilines is 1. The minimum atomic E-state index is 0.543. The molecule has 5 nitrogen and oxygen atoms in total. The zero-order chi connectivity index (χ0) is 13.2. The van der Waals surface area contributed by atoms with Gasteiger partial charge in [-0.15, -0.1) is 0 Å². The lowest BCUT2D eigenvalue weighted by molar-refractivity contribution is 1.10. The summed E-state index contributed by atoms with van der Waals surface area (Å²) in [4.78, 5) is 15.3. The minimum Gasteiger partial charge on any atom is -0.364 e. The second kappa shape index (κ2) is 5.03. The lowest BCUT2D eigenvalue weighted by Gasteiger charge is -2.07. The van der Waals surface area contributed by atoms with Crippen LogP contribution in [0.25, 0.3) is 11.2 Å². The van der Waals surface area contributed by atoms with Crippen molar-refractivity contribution in [3.8, 4) is 0 Å². The molecule has 96 valence electrons. The molecule has 0 fully saturated rings. The molecule has 0 aliphatic heterocycles. The van der Waals surface area contributed by atoms with E-state index in [1.807, 2.05) is 6.07 Å². The number of aromatic nitrogens is 4. The van der Waals surface area contributed by atoms with E-state index < -0.39 is 0 Å². The van der Waals surface area contributed by atoms with E-state index in [9.17, 15) is 0 Å². The number of benzene rings is 1. The molecule has 7 heteroatoms. The molecule has 3 rings (SSSR count). The molecular weight excluding hydrogens is 285 g/mol. The molecule has 0 radical (unpaired) electrons. The van der Waals surface area contributed by atoms with Crippen molar-refractivity contribution in [2.24, 2.45) is 0 Å². The van der Waals surface area contributed by atoms with Crippen molar-refractivity contribution in [1.29, 1.82) is 0 Å². The summed E-state index contributed by atoms with van der Waals surface area (Å²) >= 11 is 12.0. The normalized spacial score (nSPS) is 10.8. The van der Waals surface area contributed by atoms with Gasteiger partial charge in [0.1, 0.15) is 11.8 Å². The first-order valence-electron chi connectivity index (χ1n) is 5.56. The number of H-pyrrole nitrogens is 1. The highest BCUT2D eigenvalue weighted by Crippen LogP contribution is 2.22. The lowest BCUT2D eigenvalue weighted by atomic mass is 10.2. The second-order valence-electron chi connectivity index (χ2n) is 3.91. The zero-order valence-electron chi connectivity index (χ0n) is 9.69. The highest BCUT2D eigenvalue weighted by molar-refractivity contribution is 6.35. The summed E-state index contributed by atoms with van der Waals surface area (Å²) < 4.78 is 0. The molecule has 0 saturated carbocycles. The summed E-state index contributed by atoms with van der Waals surface area (Å²) in [7, 11) is 0. The predicted octanol–water partition coefficient (Wildman–Crippen LogP) is 3.27. The van der Waals surface area contributed by atoms with Crippen LogP contribution in [-0.4, -0.2) is 19.9 Å². The van der Waals surface area contributed by atoms with E-state index in [-0.39, 0.29) is 0 Å². The summed E-state index contributed by atoms with van der Waals surface area (Å²) in [5.41, 5.74) is 2.34. The van der Waals surface area contributed by atoms with Crippen LogP contribution in [0.15, 0.2) is 30.9 Å². The van der Waals surface area contributed by atoms with Gasteiger partial charge in [0.05, 0.1) is 6.33 Å². The van der Waals surface area contributed by atoms with E-state index in [0.29, 0.717) is 28.1 Å². The maximum atomic E-state index is 6.12. The zero-order valence-corrected chi connectivity index (χ0v) is 11.2. The molecular formula is C12H9Cl2N5. The first kappa shape index (κ1) is 12.2. The number of aromatic amines is 1. The van der Waals surface area contributed by atoms with E-state index >= 15 is 0 Å². The van der Waals surface area contributed by atoms with Crippen LogP contribution >= 0.6 is 23.2 Å². The van der Waals surface area contributed by atoms with Gasteiger partial charge in [0.25, 0.3) is 0 Å². The van der Waals surface area contributed by atoms with Gasteiger partial charge < -0.3 is 10.3 Å². The number of halogens is 2. The number of imidazole rings is 1. The maximum Gasteiger partial charge on any atom is 0.182 e. The van der Waals surface area contributed by atoms with Gasteiger partial charge >= 0.3 is 0 Å². The van der Waals surface area contributed by atoms with Gasteiger partial charge in [-0.25, -0.2) is 15.0 Å². The molecule has 2 N–H and O–H groups in total. The quantitative estimate of drug-likeness (QED) is 0.778. The van der Waals surface area contributed by atoms with Crippen molar-refractivity contribution in [3.63, 3.8) is 0 Å². The maximum absolute atomic E-state index is 6.12.